The highest BCUT2D eigenvalue weighted by molar-refractivity contribution is 7.19. The van der Waals surface area contributed by atoms with Crippen molar-refractivity contribution in [2.75, 3.05) is 0 Å². The monoisotopic (exact) mass is 476 g/mol. The third-order valence-corrected chi connectivity index (χ3v) is 8.42. The third kappa shape index (κ3) is 19.9. The van der Waals surface area contributed by atoms with Gasteiger partial charge in [0.05, 0.1) is 0 Å². The van der Waals surface area contributed by atoms with Crippen LogP contribution in [0, 0.1) is 5.92 Å². The fourth-order valence-electron chi connectivity index (χ4n) is 5.18. The lowest BCUT2D eigenvalue weighted by Crippen LogP contribution is -2.32. The minimum absolute atomic E-state index is 0. The Balaban J connectivity index is 0. The van der Waals surface area contributed by atoms with Crippen LogP contribution in [0.15, 0.2) is 0 Å². The summed E-state index contributed by atoms with van der Waals surface area (Å²) in [4.78, 5) is 0. The summed E-state index contributed by atoms with van der Waals surface area (Å²) >= 11 is 0. The summed E-state index contributed by atoms with van der Waals surface area (Å²) in [6.07, 6.45) is 33.1. The van der Waals surface area contributed by atoms with E-state index in [0.29, 0.717) is 5.16 Å². The molecule has 0 radical (unpaired) electrons. The van der Waals surface area contributed by atoms with Crippen molar-refractivity contribution in [3.8, 4) is 0 Å². The molecular formula is C29H62ClP. The van der Waals surface area contributed by atoms with E-state index in [-0.39, 0.29) is 12.4 Å². The largest absolute Gasteiger partial charge is 0.147 e. The summed E-state index contributed by atoms with van der Waals surface area (Å²) in [6, 6.07) is 0. The van der Waals surface area contributed by atoms with Gasteiger partial charge in [0.2, 0.25) is 0 Å². The Hall–Kier alpha value is 0.720. The fourth-order valence-corrected chi connectivity index (χ4v) is 5.92. The van der Waals surface area contributed by atoms with Crippen molar-refractivity contribution < 1.29 is 0 Å². The van der Waals surface area contributed by atoms with E-state index in [0.717, 1.165) is 5.92 Å². The Morgan fingerprint density at radius 1 is 0.452 bits per heavy atom. The van der Waals surface area contributed by atoms with Crippen LogP contribution >= 0.6 is 21.6 Å². The molecule has 0 spiro atoms. The van der Waals surface area contributed by atoms with Crippen LogP contribution in [-0.4, -0.2) is 5.16 Å². The third-order valence-electron chi connectivity index (χ3n) is 7.37. The number of rotatable bonds is 24. The van der Waals surface area contributed by atoms with Gasteiger partial charge in [-0.1, -0.05) is 150 Å². The van der Waals surface area contributed by atoms with Gasteiger partial charge >= 0.3 is 0 Å². The number of hydrogen-bond donors (Lipinski definition) is 0. The molecule has 0 aliphatic rings. The number of unbranched alkanes of at least 4 members (excludes halogenated alkanes) is 15. The van der Waals surface area contributed by atoms with Gasteiger partial charge in [0.15, 0.2) is 0 Å². The molecule has 0 amide bonds. The summed E-state index contributed by atoms with van der Waals surface area (Å²) < 4.78 is 0. The summed E-state index contributed by atoms with van der Waals surface area (Å²) in [5.41, 5.74) is 0. The van der Waals surface area contributed by atoms with Crippen LogP contribution in [0.25, 0.3) is 0 Å². The zero-order valence-corrected chi connectivity index (χ0v) is 24.3. The smallest absolute Gasteiger partial charge is 0.0122 e. The molecule has 0 nitrogen and oxygen atoms in total. The van der Waals surface area contributed by atoms with Gasteiger partial charge in [0, 0.05) is 0 Å². The maximum atomic E-state index is 3.48. The molecule has 31 heavy (non-hydrogen) atoms. The first-order valence-corrected chi connectivity index (χ1v) is 15.0. The van der Waals surface area contributed by atoms with Crippen molar-refractivity contribution in [2.24, 2.45) is 5.92 Å². The van der Waals surface area contributed by atoms with E-state index in [1.807, 2.05) is 0 Å². The Bertz CT molecular complexity index is 317. The maximum absolute atomic E-state index is 3.48. The number of halogens is 1. The highest BCUT2D eigenvalue weighted by Crippen LogP contribution is 2.44. The van der Waals surface area contributed by atoms with Gasteiger partial charge in [-0.3, -0.25) is 0 Å². The van der Waals surface area contributed by atoms with E-state index >= 15 is 0 Å². The first-order valence-electron chi connectivity index (χ1n) is 14.4. The molecular weight excluding hydrogens is 415 g/mol. The van der Waals surface area contributed by atoms with E-state index < -0.39 is 0 Å². The van der Waals surface area contributed by atoms with Gasteiger partial charge in [-0.05, 0) is 36.8 Å². The first-order chi connectivity index (χ1) is 14.6. The molecule has 2 heteroatoms. The SMILES string of the molecule is CCCCCCCC(CCCCCC)C(P)(CCCCCCC)CCCCCCC.Cl. The number of hydrogen-bond acceptors (Lipinski definition) is 0. The topological polar surface area (TPSA) is 0 Å². The van der Waals surface area contributed by atoms with Crippen LogP contribution in [0.2, 0.25) is 0 Å². The summed E-state index contributed by atoms with van der Waals surface area (Å²) in [7, 11) is 3.48. The predicted octanol–water partition coefficient (Wildman–Crippen LogP) is 11.7. The van der Waals surface area contributed by atoms with E-state index in [2.05, 4.69) is 36.9 Å². The minimum Gasteiger partial charge on any atom is -0.147 e. The van der Waals surface area contributed by atoms with E-state index in [1.54, 1.807) is 0 Å². The molecule has 0 rings (SSSR count). The fraction of sp³-hybridized carbons (Fsp3) is 1.00. The molecule has 2 atom stereocenters. The van der Waals surface area contributed by atoms with Gasteiger partial charge in [-0.25, -0.2) is 0 Å². The van der Waals surface area contributed by atoms with Crippen molar-refractivity contribution in [3.63, 3.8) is 0 Å². The molecule has 0 fully saturated rings. The highest BCUT2D eigenvalue weighted by Gasteiger charge is 2.32. The van der Waals surface area contributed by atoms with Gasteiger partial charge in [0.25, 0.3) is 0 Å². The molecule has 0 aliphatic heterocycles. The molecule has 0 saturated heterocycles. The molecule has 2 unspecified atom stereocenters. The lowest BCUT2D eigenvalue weighted by molar-refractivity contribution is 0.269. The van der Waals surface area contributed by atoms with E-state index in [4.69, 9.17) is 0 Å². The Kier molecular flexibility index (Phi) is 27.7. The molecule has 0 aromatic carbocycles. The molecule has 0 bridgehead atoms. The lowest BCUT2D eigenvalue weighted by atomic mass is 9.77. The van der Waals surface area contributed by atoms with E-state index in [1.165, 1.54) is 148 Å². The molecule has 0 N–H and O–H groups in total. The van der Waals surface area contributed by atoms with Crippen LogP contribution in [0.5, 0.6) is 0 Å². The second-order valence-electron chi connectivity index (χ2n) is 10.3. The van der Waals surface area contributed by atoms with Gasteiger partial charge in [-0.15, -0.1) is 21.6 Å². The van der Waals surface area contributed by atoms with Crippen LogP contribution in [0.4, 0.5) is 0 Å². The van der Waals surface area contributed by atoms with Crippen LogP contribution in [0.3, 0.4) is 0 Å². The lowest BCUT2D eigenvalue weighted by Gasteiger charge is -2.39. The summed E-state index contributed by atoms with van der Waals surface area (Å²) in [6.45, 7) is 9.35. The molecule has 190 valence electrons. The van der Waals surface area contributed by atoms with Crippen molar-refractivity contribution in [1.29, 1.82) is 0 Å². The molecule has 0 heterocycles. The van der Waals surface area contributed by atoms with Crippen LogP contribution in [-0.2, 0) is 0 Å². The second kappa shape index (κ2) is 25.3. The Morgan fingerprint density at radius 3 is 1.10 bits per heavy atom. The Labute approximate surface area is 207 Å². The quantitative estimate of drug-likeness (QED) is 0.0958. The summed E-state index contributed by atoms with van der Waals surface area (Å²) in [5, 5.41) is 0.523. The molecule has 0 saturated carbocycles. The first kappa shape index (κ1) is 33.9. The highest BCUT2D eigenvalue weighted by atomic mass is 35.5. The molecule has 0 aliphatic carbocycles. The van der Waals surface area contributed by atoms with Crippen LogP contribution in [0.1, 0.15) is 175 Å². The van der Waals surface area contributed by atoms with Crippen LogP contribution < -0.4 is 0 Å². The van der Waals surface area contributed by atoms with Crippen molar-refractivity contribution in [3.05, 3.63) is 0 Å². The average Bonchev–Trinajstić information content (AvgIpc) is 2.74. The Morgan fingerprint density at radius 2 is 0.742 bits per heavy atom. The van der Waals surface area contributed by atoms with Gasteiger partial charge in [0.1, 0.15) is 0 Å². The van der Waals surface area contributed by atoms with Crippen molar-refractivity contribution >= 4 is 21.6 Å². The van der Waals surface area contributed by atoms with Crippen molar-refractivity contribution in [2.45, 2.75) is 181 Å². The zero-order chi connectivity index (χ0) is 22.3. The second-order valence-corrected chi connectivity index (χ2v) is 11.5. The average molecular weight is 477 g/mol. The maximum Gasteiger partial charge on any atom is -0.0122 e. The van der Waals surface area contributed by atoms with Gasteiger partial charge < -0.3 is 0 Å². The van der Waals surface area contributed by atoms with E-state index in [9.17, 15) is 0 Å². The van der Waals surface area contributed by atoms with Gasteiger partial charge in [-0.2, -0.15) is 0 Å². The predicted molar refractivity (Wildman–Crippen MR) is 152 cm³/mol. The van der Waals surface area contributed by atoms with Crippen molar-refractivity contribution in [1.82, 2.24) is 0 Å². The molecule has 0 aromatic heterocycles. The zero-order valence-electron chi connectivity index (χ0n) is 22.3. The standard InChI is InChI=1S/C29H61P.ClH/c1-5-9-13-17-21-25-28(24-20-16-12-8-4)29(30,26-22-18-14-10-6-2)27-23-19-15-11-7-3;/h28H,5-27,30H2,1-4H3;1H. The minimum atomic E-state index is 0. The normalized spacial score (nSPS) is 12.7. The molecule has 0 aromatic rings. The summed E-state index contributed by atoms with van der Waals surface area (Å²) in [5.74, 6) is 0.943.